The third-order valence-electron chi connectivity index (χ3n) is 3.19. The number of carbonyl (C=O) groups is 2. The van der Waals surface area contributed by atoms with Gasteiger partial charge in [-0.3, -0.25) is 9.59 Å². The van der Waals surface area contributed by atoms with E-state index in [4.69, 9.17) is 0 Å². The number of rotatable bonds is 4. The standard InChI is InChI=1S/C15H18N2O2/c1-3-6-14(18)15(19)17(2)12-9-11-7-4-5-8-13(11)16-10-12/h4-5,7-9,16H,3,6,10H2,1-2H3. The molecule has 0 unspecified atom stereocenters. The molecule has 1 heterocycles. The van der Waals surface area contributed by atoms with Crippen molar-refractivity contribution in [2.45, 2.75) is 19.8 Å². The van der Waals surface area contributed by atoms with Gasteiger partial charge in [0.1, 0.15) is 0 Å². The normalized spacial score (nSPS) is 13.1. The summed E-state index contributed by atoms with van der Waals surface area (Å²) >= 11 is 0. The quantitative estimate of drug-likeness (QED) is 0.843. The van der Waals surface area contributed by atoms with Crippen LogP contribution < -0.4 is 5.32 Å². The van der Waals surface area contributed by atoms with Gasteiger partial charge in [-0.05, 0) is 24.1 Å². The van der Waals surface area contributed by atoms with E-state index in [1.54, 1.807) is 7.05 Å². The van der Waals surface area contributed by atoms with Gasteiger partial charge in [-0.1, -0.05) is 25.1 Å². The second-order valence-electron chi connectivity index (χ2n) is 4.61. The molecule has 1 aliphatic heterocycles. The second-order valence-corrected chi connectivity index (χ2v) is 4.61. The Bertz CT molecular complexity index is 535. The van der Waals surface area contributed by atoms with E-state index in [1.807, 2.05) is 37.3 Å². The van der Waals surface area contributed by atoms with E-state index in [2.05, 4.69) is 5.32 Å². The van der Waals surface area contributed by atoms with Crippen molar-refractivity contribution in [1.29, 1.82) is 0 Å². The van der Waals surface area contributed by atoms with Crippen LogP contribution in [0.2, 0.25) is 0 Å². The smallest absolute Gasteiger partial charge is 0.293 e. The molecule has 4 nitrogen and oxygen atoms in total. The number of Topliss-reactive ketones (excluding diaryl/α,β-unsaturated/α-hetero) is 1. The average molecular weight is 258 g/mol. The minimum atomic E-state index is -0.436. The average Bonchev–Trinajstić information content (AvgIpc) is 2.45. The summed E-state index contributed by atoms with van der Waals surface area (Å²) in [7, 11) is 1.65. The van der Waals surface area contributed by atoms with Gasteiger partial charge in [0, 0.05) is 24.9 Å². The molecule has 1 aliphatic rings. The second kappa shape index (κ2) is 5.69. The fourth-order valence-electron chi connectivity index (χ4n) is 2.07. The maximum absolute atomic E-state index is 12.0. The van der Waals surface area contributed by atoms with Gasteiger partial charge in [-0.25, -0.2) is 0 Å². The van der Waals surface area contributed by atoms with Crippen LogP contribution in [0.15, 0.2) is 30.0 Å². The van der Waals surface area contributed by atoms with Crippen molar-refractivity contribution >= 4 is 23.5 Å². The number of anilines is 1. The summed E-state index contributed by atoms with van der Waals surface area (Å²) in [5.41, 5.74) is 2.89. The van der Waals surface area contributed by atoms with Crippen molar-refractivity contribution in [1.82, 2.24) is 4.90 Å². The Morgan fingerprint density at radius 1 is 1.32 bits per heavy atom. The first-order chi connectivity index (χ1) is 9.13. The maximum atomic E-state index is 12.0. The van der Waals surface area contributed by atoms with Crippen LogP contribution in [0.5, 0.6) is 0 Å². The van der Waals surface area contributed by atoms with Gasteiger partial charge in [-0.2, -0.15) is 0 Å². The van der Waals surface area contributed by atoms with Gasteiger partial charge in [0.15, 0.2) is 0 Å². The lowest BCUT2D eigenvalue weighted by atomic mass is 10.1. The van der Waals surface area contributed by atoms with E-state index >= 15 is 0 Å². The summed E-state index contributed by atoms with van der Waals surface area (Å²) in [5.74, 6) is -0.765. The number of ketones is 1. The van der Waals surface area contributed by atoms with Gasteiger partial charge in [-0.15, -0.1) is 0 Å². The Kier molecular flexibility index (Phi) is 4.00. The van der Waals surface area contributed by atoms with E-state index in [0.29, 0.717) is 19.4 Å². The van der Waals surface area contributed by atoms with E-state index in [1.165, 1.54) is 4.90 Å². The Hall–Kier alpha value is -2.10. The van der Waals surface area contributed by atoms with Gasteiger partial charge < -0.3 is 10.2 Å². The van der Waals surface area contributed by atoms with Crippen molar-refractivity contribution in [3.63, 3.8) is 0 Å². The van der Waals surface area contributed by atoms with Crippen molar-refractivity contribution in [3.05, 3.63) is 35.5 Å². The van der Waals surface area contributed by atoms with Crippen molar-refractivity contribution in [3.8, 4) is 0 Å². The van der Waals surface area contributed by atoms with E-state index < -0.39 is 5.91 Å². The number of hydrogen-bond acceptors (Lipinski definition) is 3. The third-order valence-corrected chi connectivity index (χ3v) is 3.19. The zero-order chi connectivity index (χ0) is 13.8. The highest BCUT2D eigenvalue weighted by molar-refractivity contribution is 6.36. The molecule has 2 rings (SSSR count). The van der Waals surface area contributed by atoms with Crippen LogP contribution in [0.25, 0.3) is 6.08 Å². The van der Waals surface area contributed by atoms with Crippen LogP contribution >= 0.6 is 0 Å². The Morgan fingerprint density at radius 2 is 2.05 bits per heavy atom. The highest BCUT2D eigenvalue weighted by atomic mass is 16.2. The molecule has 0 aliphatic carbocycles. The number of amides is 1. The summed E-state index contributed by atoms with van der Waals surface area (Å²) in [4.78, 5) is 25.0. The van der Waals surface area contributed by atoms with Crippen LogP contribution in [0, 0.1) is 0 Å². The molecule has 0 aromatic heterocycles. The Morgan fingerprint density at radius 3 is 2.79 bits per heavy atom. The number of carbonyl (C=O) groups excluding carboxylic acids is 2. The number of nitrogens with one attached hydrogen (secondary N) is 1. The number of benzene rings is 1. The Balaban J connectivity index is 2.17. The van der Waals surface area contributed by atoms with Crippen LogP contribution in [0.3, 0.4) is 0 Å². The molecule has 4 heteroatoms. The van der Waals surface area contributed by atoms with Crippen molar-refractivity contribution in [2.24, 2.45) is 0 Å². The van der Waals surface area contributed by atoms with Gasteiger partial charge in [0.05, 0.1) is 6.54 Å². The molecular weight excluding hydrogens is 240 g/mol. The zero-order valence-corrected chi connectivity index (χ0v) is 11.3. The highest BCUT2D eigenvalue weighted by Crippen LogP contribution is 2.24. The number of likely N-dealkylation sites (N-methyl/N-ethyl adjacent to an activating group) is 1. The molecule has 0 saturated heterocycles. The first kappa shape index (κ1) is 13.3. The van der Waals surface area contributed by atoms with Gasteiger partial charge >= 0.3 is 0 Å². The lowest BCUT2D eigenvalue weighted by Crippen LogP contribution is -2.35. The lowest BCUT2D eigenvalue weighted by Gasteiger charge is -2.25. The van der Waals surface area contributed by atoms with Gasteiger partial charge in [0.2, 0.25) is 5.78 Å². The lowest BCUT2D eigenvalue weighted by molar-refractivity contribution is -0.142. The first-order valence-electron chi connectivity index (χ1n) is 6.48. The van der Waals surface area contributed by atoms with Crippen LogP contribution in [-0.4, -0.2) is 30.2 Å². The fourth-order valence-corrected chi connectivity index (χ4v) is 2.07. The molecule has 0 atom stereocenters. The number of fused-ring (bicyclic) bond motifs is 1. The van der Waals surface area contributed by atoms with E-state index in [-0.39, 0.29) is 5.78 Å². The van der Waals surface area contributed by atoms with E-state index in [9.17, 15) is 9.59 Å². The minimum absolute atomic E-state index is 0.306. The fraction of sp³-hybridized carbons (Fsp3) is 0.333. The number of hydrogen-bond donors (Lipinski definition) is 1. The van der Waals surface area contributed by atoms with E-state index in [0.717, 1.165) is 16.9 Å². The molecular formula is C15H18N2O2. The van der Waals surface area contributed by atoms with Crippen LogP contribution in [-0.2, 0) is 9.59 Å². The summed E-state index contributed by atoms with van der Waals surface area (Å²) in [5, 5.41) is 3.25. The largest absolute Gasteiger partial charge is 0.379 e. The summed E-state index contributed by atoms with van der Waals surface area (Å²) in [6, 6.07) is 7.88. The molecule has 0 fully saturated rings. The molecule has 1 amide bonds. The first-order valence-corrected chi connectivity index (χ1v) is 6.48. The van der Waals surface area contributed by atoms with Gasteiger partial charge in [0.25, 0.3) is 5.91 Å². The topological polar surface area (TPSA) is 49.4 Å². The molecule has 0 radical (unpaired) electrons. The molecule has 1 N–H and O–H groups in total. The molecule has 100 valence electrons. The summed E-state index contributed by atoms with van der Waals surface area (Å²) in [6.07, 6.45) is 2.95. The molecule has 0 bridgehead atoms. The summed E-state index contributed by atoms with van der Waals surface area (Å²) in [6.45, 7) is 2.45. The maximum Gasteiger partial charge on any atom is 0.293 e. The predicted molar refractivity (Wildman–Crippen MR) is 75.6 cm³/mol. The zero-order valence-electron chi connectivity index (χ0n) is 11.3. The molecule has 1 aromatic carbocycles. The predicted octanol–water partition coefficient (Wildman–Crippen LogP) is 2.28. The van der Waals surface area contributed by atoms with Crippen LogP contribution in [0.4, 0.5) is 5.69 Å². The number of para-hydroxylation sites is 1. The molecule has 0 spiro atoms. The summed E-state index contributed by atoms with van der Waals surface area (Å²) < 4.78 is 0. The molecule has 0 saturated carbocycles. The SMILES string of the molecule is CCCC(=O)C(=O)N(C)C1=Cc2ccccc2NC1. The Labute approximate surface area is 113 Å². The van der Waals surface area contributed by atoms with Crippen LogP contribution in [0.1, 0.15) is 25.3 Å². The van der Waals surface area contributed by atoms with Crippen molar-refractivity contribution in [2.75, 3.05) is 18.9 Å². The minimum Gasteiger partial charge on any atom is -0.379 e. The van der Waals surface area contributed by atoms with Crippen molar-refractivity contribution < 1.29 is 9.59 Å². The number of nitrogens with zero attached hydrogens (tertiary/aromatic N) is 1. The monoisotopic (exact) mass is 258 g/mol. The third kappa shape index (κ3) is 2.84. The molecule has 19 heavy (non-hydrogen) atoms. The highest BCUT2D eigenvalue weighted by Gasteiger charge is 2.22. The molecule has 1 aromatic rings.